The number of rotatable bonds is 5. The standard InChI is InChI=1S/C21H26N2O4S/c1-4-17-6-5-7-19(12-17)22-21(24)18-8-10-20(11-9-18)28(25,26)23-13-15(2)27-16(3)14-23/h5-12,15-16H,4,13-14H2,1-3H3,(H,22,24). The highest BCUT2D eigenvalue weighted by atomic mass is 32.2. The van der Waals surface area contributed by atoms with E-state index in [2.05, 4.69) is 12.2 Å². The van der Waals surface area contributed by atoms with E-state index in [9.17, 15) is 13.2 Å². The first-order chi connectivity index (χ1) is 13.3. The highest BCUT2D eigenvalue weighted by molar-refractivity contribution is 7.89. The van der Waals surface area contributed by atoms with Gasteiger partial charge in [-0.15, -0.1) is 0 Å². The zero-order valence-corrected chi connectivity index (χ0v) is 17.2. The maximum Gasteiger partial charge on any atom is 0.255 e. The predicted octanol–water partition coefficient (Wildman–Crippen LogP) is 3.30. The van der Waals surface area contributed by atoms with E-state index in [0.717, 1.165) is 17.7 Å². The fourth-order valence-electron chi connectivity index (χ4n) is 3.33. The molecule has 2 unspecified atom stereocenters. The number of hydrogen-bond donors (Lipinski definition) is 1. The number of morpholine rings is 1. The van der Waals surface area contributed by atoms with Crippen LogP contribution >= 0.6 is 0 Å². The summed E-state index contributed by atoms with van der Waals surface area (Å²) < 4.78 is 32.8. The third-order valence-electron chi connectivity index (χ3n) is 4.73. The van der Waals surface area contributed by atoms with Crippen molar-refractivity contribution in [3.8, 4) is 0 Å². The van der Waals surface area contributed by atoms with Gasteiger partial charge in [-0.25, -0.2) is 8.42 Å². The lowest BCUT2D eigenvalue weighted by Gasteiger charge is -2.34. The SMILES string of the molecule is CCc1cccc(NC(=O)c2ccc(S(=O)(=O)N3CC(C)OC(C)C3)cc2)c1. The summed E-state index contributed by atoms with van der Waals surface area (Å²) in [7, 11) is -3.62. The van der Waals surface area contributed by atoms with Crippen LogP contribution in [0.2, 0.25) is 0 Å². The molecule has 3 rings (SSSR count). The molecule has 0 radical (unpaired) electrons. The molecule has 0 bridgehead atoms. The van der Waals surface area contributed by atoms with Crippen LogP contribution in [0, 0.1) is 0 Å². The molecule has 2 atom stereocenters. The molecule has 2 aromatic carbocycles. The highest BCUT2D eigenvalue weighted by Crippen LogP contribution is 2.22. The number of sulfonamides is 1. The Hall–Kier alpha value is -2.22. The first-order valence-electron chi connectivity index (χ1n) is 9.45. The largest absolute Gasteiger partial charge is 0.373 e. The number of ether oxygens (including phenoxy) is 1. The van der Waals surface area contributed by atoms with E-state index >= 15 is 0 Å². The van der Waals surface area contributed by atoms with Crippen LogP contribution in [-0.4, -0.2) is 43.9 Å². The first-order valence-corrected chi connectivity index (χ1v) is 10.9. The minimum Gasteiger partial charge on any atom is -0.373 e. The van der Waals surface area contributed by atoms with Crippen molar-refractivity contribution in [2.45, 2.75) is 44.3 Å². The van der Waals surface area contributed by atoms with Crippen molar-refractivity contribution in [3.05, 3.63) is 59.7 Å². The van der Waals surface area contributed by atoms with Gasteiger partial charge in [0.05, 0.1) is 17.1 Å². The summed E-state index contributed by atoms with van der Waals surface area (Å²) in [5.74, 6) is -0.272. The molecule has 7 heteroatoms. The van der Waals surface area contributed by atoms with Gasteiger partial charge in [-0.05, 0) is 62.2 Å². The number of benzene rings is 2. The molecule has 28 heavy (non-hydrogen) atoms. The van der Waals surface area contributed by atoms with Crippen LogP contribution in [-0.2, 0) is 21.2 Å². The Bertz CT molecular complexity index is 931. The second kappa shape index (κ2) is 8.43. The monoisotopic (exact) mass is 402 g/mol. The van der Waals surface area contributed by atoms with Crippen molar-refractivity contribution in [2.24, 2.45) is 0 Å². The first kappa shape index (κ1) is 20.5. The van der Waals surface area contributed by atoms with E-state index in [0.29, 0.717) is 18.7 Å². The van der Waals surface area contributed by atoms with Gasteiger partial charge >= 0.3 is 0 Å². The van der Waals surface area contributed by atoms with Gasteiger partial charge in [-0.2, -0.15) is 4.31 Å². The van der Waals surface area contributed by atoms with Crippen molar-refractivity contribution in [1.82, 2.24) is 4.31 Å². The number of hydrogen-bond acceptors (Lipinski definition) is 4. The van der Waals surface area contributed by atoms with Gasteiger partial charge in [-0.3, -0.25) is 4.79 Å². The number of aryl methyl sites for hydroxylation is 1. The maximum absolute atomic E-state index is 12.9. The van der Waals surface area contributed by atoms with Gasteiger partial charge in [-0.1, -0.05) is 19.1 Å². The highest BCUT2D eigenvalue weighted by Gasteiger charge is 2.32. The number of carbonyl (C=O) groups is 1. The number of carbonyl (C=O) groups excluding carboxylic acids is 1. The quantitative estimate of drug-likeness (QED) is 0.833. The van der Waals surface area contributed by atoms with Gasteiger partial charge in [0.25, 0.3) is 5.91 Å². The third kappa shape index (κ3) is 4.60. The van der Waals surface area contributed by atoms with Crippen LogP contribution in [0.15, 0.2) is 53.4 Å². The van der Waals surface area contributed by atoms with E-state index in [-0.39, 0.29) is 23.0 Å². The molecular weight excluding hydrogens is 376 g/mol. The van der Waals surface area contributed by atoms with Crippen molar-refractivity contribution < 1.29 is 17.9 Å². The summed E-state index contributed by atoms with van der Waals surface area (Å²) in [6.07, 6.45) is 0.583. The normalized spacial score (nSPS) is 20.7. The Morgan fingerprint density at radius 1 is 1.11 bits per heavy atom. The number of anilines is 1. The molecule has 0 aliphatic carbocycles. The van der Waals surface area contributed by atoms with E-state index in [4.69, 9.17) is 4.74 Å². The van der Waals surface area contributed by atoms with Crippen LogP contribution in [0.5, 0.6) is 0 Å². The average Bonchev–Trinajstić information content (AvgIpc) is 2.67. The lowest BCUT2D eigenvalue weighted by Crippen LogP contribution is -2.48. The molecule has 150 valence electrons. The van der Waals surface area contributed by atoms with E-state index < -0.39 is 10.0 Å². The van der Waals surface area contributed by atoms with Crippen LogP contribution in [0.25, 0.3) is 0 Å². The summed E-state index contributed by atoms with van der Waals surface area (Å²) in [5.41, 5.74) is 2.26. The second-order valence-electron chi connectivity index (χ2n) is 7.11. The summed E-state index contributed by atoms with van der Waals surface area (Å²) in [6.45, 7) is 6.42. The van der Waals surface area contributed by atoms with E-state index in [1.807, 2.05) is 38.1 Å². The topological polar surface area (TPSA) is 75.7 Å². The van der Waals surface area contributed by atoms with Gasteiger partial charge in [0.15, 0.2) is 0 Å². The Balaban J connectivity index is 1.74. The molecule has 1 aliphatic heterocycles. The zero-order valence-electron chi connectivity index (χ0n) is 16.4. The van der Waals surface area contributed by atoms with Crippen LogP contribution in [0.1, 0.15) is 36.7 Å². The number of amides is 1. The number of nitrogens with one attached hydrogen (secondary N) is 1. The zero-order chi connectivity index (χ0) is 20.3. The van der Waals surface area contributed by atoms with Crippen LogP contribution in [0.4, 0.5) is 5.69 Å². The van der Waals surface area contributed by atoms with Crippen molar-refractivity contribution >= 4 is 21.6 Å². The average molecular weight is 403 g/mol. The fraction of sp³-hybridized carbons (Fsp3) is 0.381. The summed E-state index contributed by atoms with van der Waals surface area (Å²) in [5, 5.41) is 2.85. The minimum atomic E-state index is -3.62. The Labute approximate surface area is 166 Å². The molecule has 1 saturated heterocycles. The molecular formula is C21H26N2O4S. The van der Waals surface area contributed by atoms with E-state index in [1.165, 1.54) is 16.4 Å². The smallest absolute Gasteiger partial charge is 0.255 e. The fourth-order valence-corrected chi connectivity index (χ4v) is 4.92. The maximum atomic E-state index is 12.9. The van der Waals surface area contributed by atoms with Gasteiger partial charge in [0.1, 0.15) is 0 Å². The molecule has 0 spiro atoms. The summed E-state index contributed by atoms with van der Waals surface area (Å²) in [4.78, 5) is 12.7. The van der Waals surface area contributed by atoms with Gasteiger partial charge < -0.3 is 10.1 Å². The van der Waals surface area contributed by atoms with Gasteiger partial charge in [0, 0.05) is 24.3 Å². The second-order valence-corrected chi connectivity index (χ2v) is 9.05. The van der Waals surface area contributed by atoms with Crippen molar-refractivity contribution in [3.63, 3.8) is 0 Å². The number of nitrogens with zero attached hydrogens (tertiary/aromatic N) is 1. The minimum absolute atomic E-state index is 0.150. The van der Waals surface area contributed by atoms with Gasteiger partial charge in [0.2, 0.25) is 10.0 Å². The molecule has 1 fully saturated rings. The lowest BCUT2D eigenvalue weighted by molar-refractivity contribution is -0.0440. The Kier molecular flexibility index (Phi) is 6.17. The Morgan fingerprint density at radius 2 is 1.75 bits per heavy atom. The van der Waals surface area contributed by atoms with Crippen molar-refractivity contribution in [2.75, 3.05) is 18.4 Å². The van der Waals surface area contributed by atoms with E-state index in [1.54, 1.807) is 12.1 Å². The van der Waals surface area contributed by atoms with Crippen molar-refractivity contribution in [1.29, 1.82) is 0 Å². The molecule has 1 aliphatic rings. The van der Waals surface area contributed by atoms with Crippen LogP contribution < -0.4 is 5.32 Å². The summed E-state index contributed by atoms with van der Waals surface area (Å²) >= 11 is 0. The lowest BCUT2D eigenvalue weighted by atomic mass is 10.1. The Morgan fingerprint density at radius 3 is 2.36 bits per heavy atom. The molecule has 0 aromatic heterocycles. The molecule has 0 saturated carbocycles. The summed E-state index contributed by atoms with van der Waals surface area (Å²) in [6, 6.07) is 13.7. The molecule has 1 heterocycles. The molecule has 6 nitrogen and oxygen atoms in total. The molecule has 2 aromatic rings. The molecule has 1 N–H and O–H groups in total. The third-order valence-corrected chi connectivity index (χ3v) is 6.58. The molecule has 1 amide bonds. The predicted molar refractivity (Wildman–Crippen MR) is 109 cm³/mol. The van der Waals surface area contributed by atoms with Crippen LogP contribution in [0.3, 0.4) is 0 Å².